The van der Waals surface area contributed by atoms with Crippen LogP contribution in [0.1, 0.15) is 44.2 Å². The zero-order valence-electron chi connectivity index (χ0n) is 12.3. The van der Waals surface area contributed by atoms with Crippen LogP contribution < -0.4 is 5.32 Å². The molecule has 0 bridgehead atoms. The summed E-state index contributed by atoms with van der Waals surface area (Å²) in [4.78, 5) is 23.5. The number of hydrogen-bond donors (Lipinski definition) is 2. The molecule has 4 nitrogen and oxygen atoms in total. The first-order valence-electron chi connectivity index (χ1n) is 7.36. The van der Waals surface area contributed by atoms with Crippen LogP contribution in [0.4, 0.5) is 0 Å². The van der Waals surface area contributed by atoms with E-state index in [1.54, 1.807) is 18.2 Å². The number of rotatable bonds is 4. The third kappa shape index (κ3) is 4.14. The van der Waals surface area contributed by atoms with Crippen LogP contribution in [0, 0.1) is 11.8 Å². The van der Waals surface area contributed by atoms with Gasteiger partial charge in [-0.1, -0.05) is 29.6 Å². The van der Waals surface area contributed by atoms with Gasteiger partial charge in [-0.3, -0.25) is 9.59 Å². The Morgan fingerprint density at radius 2 is 1.95 bits per heavy atom. The van der Waals surface area contributed by atoms with E-state index in [2.05, 4.69) is 5.32 Å². The third-order valence-corrected chi connectivity index (χ3v) is 4.76. The standard InChI is InChI=1S/C16H19Cl2NO3/c1-9(13-8-12(17)5-6-14(13)18)19-15(20)10-3-2-4-11(7-10)16(21)22/h5-6,8-11H,2-4,7H2,1H3,(H,19,20)(H,21,22). The quantitative estimate of drug-likeness (QED) is 0.866. The van der Waals surface area contributed by atoms with E-state index in [1.807, 2.05) is 6.92 Å². The van der Waals surface area contributed by atoms with Crippen LogP contribution in [0.5, 0.6) is 0 Å². The number of nitrogens with one attached hydrogen (secondary N) is 1. The van der Waals surface area contributed by atoms with E-state index in [4.69, 9.17) is 28.3 Å². The van der Waals surface area contributed by atoms with E-state index < -0.39 is 11.9 Å². The Kier molecular flexibility index (Phi) is 5.70. The van der Waals surface area contributed by atoms with E-state index in [9.17, 15) is 9.59 Å². The summed E-state index contributed by atoms with van der Waals surface area (Å²) in [6.07, 6.45) is 2.54. The lowest BCUT2D eigenvalue weighted by atomic mass is 9.81. The molecule has 3 atom stereocenters. The molecule has 1 aliphatic rings. The molecule has 2 rings (SSSR count). The highest BCUT2D eigenvalue weighted by molar-refractivity contribution is 6.33. The Hall–Kier alpha value is -1.26. The summed E-state index contributed by atoms with van der Waals surface area (Å²) in [6.45, 7) is 1.84. The molecule has 0 heterocycles. The zero-order chi connectivity index (χ0) is 16.3. The summed E-state index contributed by atoms with van der Waals surface area (Å²) in [5.74, 6) is -1.61. The van der Waals surface area contributed by atoms with E-state index in [0.29, 0.717) is 22.9 Å². The number of aliphatic carboxylic acids is 1. The average molecular weight is 344 g/mol. The lowest BCUT2D eigenvalue weighted by molar-refractivity contribution is -0.144. The van der Waals surface area contributed by atoms with Gasteiger partial charge in [-0.05, 0) is 49.9 Å². The highest BCUT2D eigenvalue weighted by Gasteiger charge is 2.31. The normalized spacial score (nSPS) is 22.9. The van der Waals surface area contributed by atoms with Crippen molar-refractivity contribution < 1.29 is 14.7 Å². The molecule has 0 saturated heterocycles. The lowest BCUT2D eigenvalue weighted by Crippen LogP contribution is -2.36. The van der Waals surface area contributed by atoms with E-state index in [1.165, 1.54) is 0 Å². The summed E-state index contributed by atoms with van der Waals surface area (Å²) in [5, 5.41) is 13.1. The van der Waals surface area contributed by atoms with Crippen LogP contribution in [-0.2, 0) is 9.59 Å². The number of carboxylic acid groups (broad SMARTS) is 1. The van der Waals surface area contributed by atoms with Crippen molar-refractivity contribution in [1.29, 1.82) is 0 Å². The predicted molar refractivity (Wildman–Crippen MR) is 86.1 cm³/mol. The van der Waals surface area contributed by atoms with Crippen LogP contribution in [-0.4, -0.2) is 17.0 Å². The molecular formula is C16H19Cl2NO3. The lowest BCUT2D eigenvalue weighted by Gasteiger charge is -2.27. The van der Waals surface area contributed by atoms with Gasteiger partial charge in [0.15, 0.2) is 0 Å². The Bertz CT molecular complexity index is 577. The minimum absolute atomic E-state index is 0.116. The summed E-state index contributed by atoms with van der Waals surface area (Å²) >= 11 is 12.1. The van der Waals surface area contributed by atoms with Gasteiger partial charge in [-0.25, -0.2) is 0 Å². The summed E-state index contributed by atoms with van der Waals surface area (Å²) in [7, 11) is 0. The zero-order valence-corrected chi connectivity index (χ0v) is 13.8. The molecule has 3 unspecified atom stereocenters. The first-order chi connectivity index (χ1) is 10.4. The van der Waals surface area contributed by atoms with Gasteiger partial charge >= 0.3 is 5.97 Å². The number of carbonyl (C=O) groups excluding carboxylic acids is 1. The van der Waals surface area contributed by atoms with Gasteiger partial charge in [0.2, 0.25) is 5.91 Å². The van der Waals surface area contributed by atoms with Gasteiger partial charge in [-0.2, -0.15) is 0 Å². The second kappa shape index (κ2) is 7.34. The van der Waals surface area contributed by atoms with Gasteiger partial charge in [0, 0.05) is 16.0 Å². The molecular weight excluding hydrogens is 325 g/mol. The maximum absolute atomic E-state index is 12.4. The smallest absolute Gasteiger partial charge is 0.306 e. The second-order valence-electron chi connectivity index (χ2n) is 5.79. The van der Waals surface area contributed by atoms with Crippen LogP contribution in [0.2, 0.25) is 10.0 Å². The minimum Gasteiger partial charge on any atom is -0.481 e. The summed E-state index contributed by atoms with van der Waals surface area (Å²) < 4.78 is 0. The molecule has 1 aliphatic carbocycles. The Morgan fingerprint density at radius 3 is 2.64 bits per heavy atom. The van der Waals surface area contributed by atoms with E-state index in [0.717, 1.165) is 18.4 Å². The molecule has 22 heavy (non-hydrogen) atoms. The molecule has 0 spiro atoms. The van der Waals surface area contributed by atoms with E-state index >= 15 is 0 Å². The van der Waals surface area contributed by atoms with Crippen molar-refractivity contribution in [3.05, 3.63) is 33.8 Å². The van der Waals surface area contributed by atoms with Crippen LogP contribution in [0.3, 0.4) is 0 Å². The van der Waals surface area contributed by atoms with Gasteiger partial charge < -0.3 is 10.4 Å². The number of amides is 1. The largest absolute Gasteiger partial charge is 0.481 e. The topological polar surface area (TPSA) is 66.4 Å². The van der Waals surface area contributed by atoms with Crippen molar-refractivity contribution in [1.82, 2.24) is 5.32 Å². The number of halogens is 2. The van der Waals surface area contributed by atoms with Gasteiger partial charge in [0.1, 0.15) is 0 Å². The third-order valence-electron chi connectivity index (χ3n) is 4.18. The molecule has 6 heteroatoms. The first-order valence-corrected chi connectivity index (χ1v) is 8.12. The Balaban J connectivity index is 2.01. The van der Waals surface area contributed by atoms with Crippen LogP contribution in [0.25, 0.3) is 0 Å². The number of carboxylic acids is 1. The Labute approximate surface area is 139 Å². The van der Waals surface area contributed by atoms with Crippen LogP contribution in [0.15, 0.2) is 18.2 Å². The highest BCUT2D eigenvalue weighted by Crippen LogP contribution is 2.31. The Morgan fingerprint density at radius 1 is 1.27 bits per heavy atom. The fraction of sp³-hybridized carbons (Fsp3) is 0.500. The molecule has 2 N–H and O–H groups in total. The van der Waals surface area contributed by atoms with Crippen molar-refractivity contribution in [3.8, 4) is 0 Å². The molecule has 1 aromatic rings. The summed E-state index contributed by atoms with van der Waals surface area (Å²) in [5.41, 5.74) is 0.758. The fourth-order valence-corrected chi connectivity index (χ4v) is 3.37. The van der Waals surface area contributed by atoms with Gasteiger partial charge in [0.25, 0.3) is 0 Å². The fourth-order valence-electron chi connectivity index (χ4n) is 2.91. The van der Waals surface area contributed by atoms with Crippen molar-refractivity contribution in [2.45, 2.75) is 38.6 Å². The summed E-state index contributed by atoms with van der Waals surface area (Å²) in [6, 6.07) is 4.85. The van der Waals surface area contributed by atoms with Crippen molar-refractivity contribution >= 4 is 35.1 Å². The molecule has 1 aromatic carbocycles. The molecule has 120 valence electrons. The van der Waals surface area contributed by atoms with Crippen molar-refractivity contribution in [3.63, 3.8) is 0 Å². The molecule has 0 aliphatic heterocycles. The number of carbonyl (C=O) groups is 2. The average Bonchev–Trinajstić information content (AvgIpc) is 2.49. The molecule has 0 aromatic heterocycles. The maximum atomic E-state index is 12.4. The SMILES string of the molecule is CC(NC(=O)C1CCCC(C(=O)O)C1)c1cc(Cl)ccc1Cl. The molecule has 0 radical (unpaired) electrons. The minimum atomic E-state index is -0.816. The monoisotopic (exact) mass is 343 g/mol. The number of hydrogen-bond acceptors (Lipinski definition) is 2. The predicted octanol–water partition coefficient (Wildman–Crippen LogP) is 4.06. The van der Waals surface area contributed by atoms with Gasteiger partial charge in [0.05, 0.1) is 12.0 Å². The van der Waals surface area contributed by atoms with Crippen LogP contribution >= 0.6 is 23.2 Å². The number of benzene rings is 1. The first kappa shape index (κ1) is 17.1. The molecule has 1 saturated carbocycles. The molecule has 1 fully saturated rings. The molecule has 1 amide bonds. The maximum Gasteiger partial charge on any atom is 0.306 e. The highest BCUT2D eigenvalue weighted by atomic mass is 35.5. The second-order valence-corrected chi connectivity index (χ2v) is 6.64. The van der Waals surface area contributed by atoms with Crippen molar-refractivity contribution in [2.24, 2.45) is 11.8 Å². The van der Waals surface area contributed by atoms with Gasteiger partial charge in [-0.15, -0.1) is 0 Å². The van der Waals surface area contributed by atoms with Crippen molar-refractivity contribution in [2.75, 3.05) is 0 Å². The van der Waals surface area contributed by atoms with E-state index in [-0.39, 0.29) is 17.9 Å².